The van der Waals surface area contributed by atoms with Crippen LogP contribution in [-0.2, 0) is 9.47 Å². The Morgan fingerprint density at radius 2 is 1.84 bits per heavy atom. The molecule has 0 amide bonds. The smallest absolute Gasteiger partial charge is 0.358 e. The van der Waals surface area contributed by atoms with E-state index < -0.39 is 16.9 Å². The monoisotopic (exact) mass is 347 g/mol. The van der Waals surface area contributed by atoms with Crippen molar-refractivity contribution < 1.29 is 24.0 Å². The molecule has 132 valence electrons. The first-order valence-electron chi connectivity index (χ1n) is 7.58. The minimum absolute atomic E-state index is 0.0707. The molecule has 2 aromatic rings. The van der Waals surface area contributed by atoms with E-state index in [4.69, 9.17) is 9.47 Å². The molecule has 0 spiro atoms. The minimum atomic E-state index is -0.824. The lowest BCUT2D eigenvalue weighted by atomic mass is 10.1. The standard InChI is InChI=1S/C16H17N3O6/c1-4-24-15(20)13-11(7-6-8-12(13)19(22)23)18-9-17-14(10(18)3)16(21)25-5-2/h6-9H,4-5H2,1-3H3. The molecule has 25 heavy (non-hydrogen) atoms. The molecule has 0 radical (unpaired) electrons. The van der Waals surface area contributed by atoms with Crippen LogP contribution in [0.4, 0.5) is 5.69 Å². The molecule has 0 fully saturated rings. The van der Waals surface area contributed by atoms with Gasteiger partial charge in [-0.3, -0.25) is 10.1 Å². The third-order valence-electron chi connectivity index (χ3n) is 3.43. The third-order valence-corrected chi connectivity index (χ3v) is 3.43. The van der Waals surface area contributed by atoms with Gasteiger partial charge in [0.1, 0.15) is 6.33 Å². The van der Waals surface area contributed by atoms with Crippen molar-refractivity contribution in [2.75, 3.05) is 13.2 Å². The van der Waals surface area contributed by atoms with Crippen molar-refractivity contribution in [3.63, 3.8) is 0 Å². The summed E-state index contributed by atoms with van der Waals surface area (Å²) < 4.78 is 11.3. The zero-order valence-electron chi connectivity index (χ0n) is 14.0. The predicted octanol–water partition coefficient (Wildman–Crippen LogP) is 2.44. The highest BCUT2D eigenvalue weighted by Crippen LogP contribution is 2.28. The lowest BCUT2D eigenvalue weighted by Crippen LogP contribution is -2.13. The highest BCUT2D eigenvalue weighted by atomic mass is 16.6. The second kappa shape index (κ2) is 7.56. The van der Waals surface area contributed by atoms with Crippen molar-refractivity contribution in [1.82, 2.24) is 9.55 Å². The molecular formula is C16H17N3O6. The predicted molar refractivity (Wildman–Crippen MR) is 86.9 cm³/mol. The van der Waals surface area contributed by atoms with Crippen LogP contribution in [0.5, 0.6) is 0 Å². The largest absolute Gasteiger partial charge is 0.462 e. The lowest BCUT2D eigenvalue weighted by molar-refractivity contribution is -0.385. The number of carbonyl (C=O) groups is 2. The van der Waals surface area contributed by atoms with Gasteiger partial charge in [-0.05, 0) is 26.8 Å². The summed E-state index contributed by atoms with van der Waals surface area (Å²) in [5.41, 5.74) is 0.0767. The number of nitrogens with zero attached hydrogens (tertiary/aromatic N) is 3. The average molecular weight is 347 g/mol. The number of rotatable bonds is 6. The third kappa shape index (κ3) is 3.49. The summed E-state index contributed by atoms with van der Waals surface area (Å²) in [6.07, 6.45) is 1.31. The summed E-state index contributed by atoms with van der Waals surface area (Å²) in [6, 6.07) is 4.18. The van der Waals surface area contributed by atoms with Crippen LogP contribution < -0.4 is 0 Å². The van der Waals surface area contributed by atoms with Gasteiger partial charge in [0, 0.05) is 6.07 Å². The minimum Gasteiger partial charge on any atom is -0.462 e. The first kappa shape index (κ1) is 18.1. The van der Waals surface area contributed by atoms with Gasteiger partial charge in [0.05, 0.1) is 29.5 Å². The van der Waals surface area contributed by atoms with Crippen LogP contribution in [0.2, 0.25) is 0 Å². The van der Waals surface area contributed by atoms with Crippen molar-refractivity contribution in [3.8, 4) is 5.69 Å². The molecule has 1 aromatic heterocycles. The number of nitro benzene ring substituents is 1. The van der Waals surface area contributed by atoms with Crippen LogP contribution in [-0.4, -0.2) is 39.6 Å². The van der Waals surface area contributed by atoms with E-state index in [1.165, 1.54) is 29.1 Å². The van der Waals surface area contributed by atoms with Crippen LogP contribution in [0.15, 0.2) is 24.5 Å². The molecule has 0 atom stereocenters. The average Bonchev–Trinajstić information content (AvgIpc) is 2.96. The van der Waals surface area contributed by atoms with E-state index >= 15 is 0 Å². The number of hydrogen-bond donors (Lipinski definition) is 0. The lowest BCUT2D eigenvalue weighted by Gasteiger charge is -2.11. The van der Waals surface area contributed by atoms with Gasteiger partial charge >= 0.3 is 11.9 Å². The number of hydrogen-bond acceptors (Lipinski definition) is 7. The van der Waals surface area contributed by atoms with Crippen LogP contribution in [0, 0.1) is 17.0 Å². The molecule has 2 rings (SSSR count). The van der Waals surface area contributed by atoms with Gasteiger partial charge in [0.2, 0.25) is 0 Å². The van der Waals surface area contributed by atoms with Gasteiger partial charge in [-0.1, -0.05) is 6.07 Å². The summed E-state index contributed by atoms with van der Waals surface area (Å²) in [4.78, 5) is 38.8. The molecule has 0 unspecified atom stereocenters. The molecule has 0 aliphatic heterocycles. The molecule has 0 N–H and O–H groups in total. The fourth-order valence-corrected chi connectivity index (χ4v) is 2.35. The number of aromatic nitrogens is 2. The van der Waals surface area contributed by atoms with E-state index in [-0.39, 0.29) is 35.8 Å². The Morgan fingerprint density at radius 3 is 2.44 bits per heavy atom. The molecule has 0 bridgehead atoms. The highest BCUT2D eigenvalue weighted by Gasteiger charge is 2.28. The maximum Gasteiger partial charge on any atom is 0.358 e. The van der Waals surface area contributed by atoms with Crippen molar-refractivity contribution in [3.05, 3.63) is 51.6 Å². The molecular weight excluding hydrogens is 330 g/mol. The maximum atomic E-state index is 12.3. The van der Waals surface area contributed by atoms with E-state index in [2.05, 4.69) is 4.98 Å². The highest BCUT2D eigenvalue weighted by molar-refractivity contribution is 5.98. The number of nitro groups is 1. The summed E-state index contributed by atoms with van der Waals surface area (Å²) in [5, 5.41) is 11.3. The zero-order valence-corrected chi connectivity index (χ0v) is 14.0. The molecule has 1 aromatic carbocycles. The van der Waals surface area contributed by atoms with Crippen molar-refractivity contribution in [2.24, 2.45) is 0 Å². The molecule has 0 saturated carbocycles. The van der Waals surface area contributed by atoms with Crippen molar-refractivity contribution in [2.45, 2.75) is 20.8 Å². The van der Waals surface area contributed by atoms with E-state index in [0.29, 0.717) is 5.69 Å². The number of carbonyl (C=O) groups excluding carboxylic acids is 2. The molecule has 0 aliphatic rings. The number of ether oxygens (including phenoxy) is 2. The van der Waals surface area contributed by atoms with E-state index in [9.17, 15) is 19.7 Å². The fraction of sp³-hybridized carbons (Fsp3) is 0.312. The summed E-state index contributed by atoms with van der Waals surface area (Å²) in [6.45, 7) is 5.14. The van der Waals surface area contributed by atoms with Crippen LogP contribution >= 0.6 is 0 Å². The van der Waals surface area contributed by atoms with E-state index in [0.717, 1.165) is 0 Å². The van der Waals surface area contributed by atoms with Gasteiger partial charge < -0.3 is 14.0 Å². The number of benzene rings is 1. The SMILES string of the molecule is CCOC(=O)c1ncn(-c2cccc([N+](=O)[O-])c2C(=O)OCC)c1C. The van der Waals surface area contributed by atoms with E-state index in [1.54, 1.807) is 20.8 Å². The Morgan fingerprint density at radius 1 is 1.20 bits per heavy atom. The molecule has 9 nitrogen and oxygen atoms in total. The molecule has 1 heterocycles. The molecule has 0 aliphatic carbocycles. The van der Waals surface area contributed by atoms with Gasteiger partial charge in [0.15, 0.2) is 11.3 Å². The summed E-state index contributed by atoms with van der Waals surface area (Å²) in [5.74, 6) is -1.43. The van der Waals surface area contributed by atoms with E-state index in [1.807, 2.05) is 0 Å². The fourth-order valence-electron chi connectivity index (χ4n) is 2.35. The van der Waals surface area contributed by atoms with Crippen LogP contribution in [0.25, 0.3) is 5.69 Å². The Hall–Kier alpha value is -3.23. The van der Waals surface area contributed by atoms with Crippen LogP contribution in [0.3, 0.4) is 0 Å². The Bertz CT molecular complexity index is 827. The Kier molecular flexibility index (Phi) is 5.48. The first-order valence-corrected chi connectivity index (χ1v) is 7.58. The van der Waals surface area contributed by atoms with Crippen molar-refractivity contribution >= 4 is 17.6 Å². The second-order valence-electron chi connectivity index (χ2n) is 4.92. The van der Waals surface area contributed by atoms with Gasteiger partial charge in [-0.15, -0.1) is 0 Å². The van der Waals surface area contributed by atoms with Gasteiger partial charge in [-0.2, -0.15) is 0 Å². The Balaban J connectivity index is 2.64. The van der Waals surface area contributed by atoms with Gasteiger partial charge in [0.25, 0.3) is 5.69 Å². The van der Waals surface area contributed by atoms with Crippen molar-refractivity contribution in [1.29, 1.82) is 0 Å². The molecule has 0 saturated heterocycles. The molecule has 9 heteroatoms. The quantitative estimate of drug-likeness (QED) is 0.448. The van der Waals surface area contributed by atoms with Gasteiger partial charge in [-0.25, -0.2) is 14.6 Å². The normalized spacial score (nSPS) is 10.4. The second-order valence-corrected chi connectivity index (χ2v) is 4.92. The van der Waals surface area contributed by atoms with Crippen LogP contribution in [0.1, 0.15) is 40.4 Å². The Labute approximate surface area is 143 Å². The summed E-state index contributed by atoms with van der Waals surface area (Å²) >= 11 is 0. The number of imidazole rings is 1. The number of esters is 2. The zero-order chi connectivity index (χ0) is 18.6. The summed E-state index contributed by atoms with van der Waals surface area (Å²) in [7, 11) is 0. The first-order chi connectivity index (χ1) is 11.9. The topological polar surface area (TPSA) is 114 Å². The maximum absolute atomic E-state index is 12.3.